The van der Waals surface area contributed by atoms with Gasteiger partial charge in [0.15, 0.2) is 6.29 Å². The van der Waals surface area contributed by atoms with Gasteiger partial charge in [-0.25, -0.2) is 0 Å². The Morgan fingerprint density at radius 1 is 0.696 bits per heavy atom. The summed E-state index contributed by atoms with van der Waals surface area (Å²) in [5, 5.41) is 4.69. The number of fused-ring (bicyclic) bond motifs is 2. The van der Waals surface area contributed by atoms with Crippen LogP contribution < -0.4 is 0 Å². The van der Waals surface area contributed by atoms with E-state index in [4.69, 9.17) is 0 Å². The number of carbonyl (C=O) groups excluding carboxylic acids is 1. The number of hydrogen-bond acceptors (Lipinski definition) is 1. The first-order chi connectivity index (χ1) is 11.3. The molecule has 23 heavy (non-hydrogen) atoms. The zero-order valence-corrected chi connectivity index (χ0v) is 12.9. The lowest BCUT2D eigenvalue weighted by atomic mass is 9.89. The molecule has 0 bridgehead atoms. The Kier molecular flexibility index (Phi) is 3.20. The maximum atomic E-state index is 11.6. The molecule has 1 heteroatoms. The van der Waals surface area contributed by atoms with Crippen LogP contribution in [0.4, 0.5) is 0 Å². The smallest absolute Gasteiger partial charge is 0.150 e. The van der Waals surface area contributed by atoms with Gasteiger partial charge >= 0.3 is 0 Å². The molecule has 0 aliphatic rings. The molecule has 0 fully saturated rings. The SMILES string of the molecule is Cc1ccc(-c2c(C=O)ccc3ccccc23)c2ccccc12. The minimum Gasteiger partial charge on any atom is -0.298 e. The van der Waals surface area contributed by atoms with E-state index >= 15 is 0 Å². The molecule has 0 saturated heterocycles. The molecule has 0 heterocycles. The van der Waals surface area contributed by atoms with E-state index in [9.17, 15) is 4.79 Å². The van der Waals surface area contributed by atoms with Gasteiger partial charge in [0.25, 0.3) is 0 Å². The summed E-state index contributed by atoms with van der Waals surface area (Å²) in [6, 6.07) is 24.8. The summed E-state index contributed by atoms with van der Waals surface area (Å²) in [5.41, 5.74) is 4.12. The van der Waals surface area contributed by atoms with Gasteiger partial charge in [0.1, 0.15) is 0 Å². The van der Waals surface area contributed by atoms with Crippen LogP contribution in [0, 0.1) is 6.92 Å². The van der Waals surface area contributed by atoms with Crippen LogP contribution in [-0.4, -0.2) is 6.29 Å². The Labute approximate surface area is 135 Å². The molecule has 4 aromatic carbocycles. The topological polar surface area (TPSA) is 17.1 Å². The van der Waals surface area contributed by atoms with Crippen LogP contribution in [0.5, 0.6) is 0 Å². The van der Waals surface area contributed by atoms with Crippen LogP contribution in [-0.2, 0) is 0 Å². The van der Waals surface area contributed by atoms with Crippen molar-refractivity contribution in [2.45, 2.75) is 6.92 Å². The van der Waals surface area contributed by atoms with Crippen molar-refractivity contribution in [3.63, 3.8) is 0 Å². The second kappa shape index (κ2) is 5.36. The van der Waals surface area contributed by atoms with E-state index in [0.717, 1.165) is 33.7 Å². The van der Waals surface area contributed by atoms with Gasteiger partial charge in [-0.15, -0.1) is 0 Å². The van der Waals surface area contributed by atoms with Gasteiger partial charge in [0.2, 0.25) is 0 Å². The number of benzene rings is 4. The van der Waals surface area contributed by atoms with Gasteiger partial charge in [-0.05, 0) is 39.6 Å². The van der Waals surface area contributed by atoms with Crippen LogP contribution in [0.15, 0.2) is 72.8 Å². The molecule has 0 unspecified atom stereocenters. The summed E-state index contributed by atoms with van der Waals surface area (Å²) >= 11 is 0. The predicted molar refractivity (Wildman–Crippen MR) is 97.0 cm³/mol. The third-order valence-corrected chi connectivity index (χ3v) is 4.50. The lowest BCUT2D eigenvalue weighted by Gasteiger charge is -2.14. The molecular weight excluding hydrogens is 280 g/mol. The third-order valence-electron chi connectivity index (χ3n) is 4.50. The summed E-state index contributed by atoms with van der Waals surface area (Å²) in [6.45, 7) is 2.12. The monoisotopic (exact) mass is 296 g/mol. The molecule has 0 aromatic heterocycles. The second-order valence-electron chi connectivity index (χ2n) is 5.84. The highest BCUT2D eigenvalue weighted by molar-refractivity contribution is 6.10. The van der Waals surface area contributed by atoms with Gasteiger partial charge in [0.05, 0.1) is 0 Å². The van der Waals surface area contributed by atoms with Gasteiger partial charge in [-0.2, -0.15) is 0 Å². The molecule has 110 valence electrons. The fraction of sp³-hybridized carbons (Fsp3) is 0.0455. The Morgan fingerprint density at radius 2 is 1.39 bits per heavy atom. The molecule has 0 radical (unpaired) electrons. The maximum Gasteiger partial charge on any atom is 0.150 e. The van der Waals surface area contributed by atoms with Gasteiger partial charge < -0.3 is 0 Å². The van der Waals surface area contributed by atoms with Crippen LogP contribution in [0.3, 0.4) is 0 Å². The first kappa shape index (κ1) is 13.7. The Balaban J connectivity index is 2.19. The van der Waals surface area contributed by atoms with E-state index in [1.807, 2.05) is 24.3 Å². The van der Waals surface area contributed by atoms with Crippen molar-refractivity contribution < 1.29 is 4.79 Å². The van der Waals surface area contributed by atoms with Crippen molar-refractivity contribution >= 4 is 27.8 Å². The van der Waals surface area contributed by atoms with E-state index in [1.165, 1.54) is 16.3 Å². The largest absolute Gasteiger partial charge is 0.298 e. The lowest BCUT2D eigenvalue weighted by Crippen LogP contribution is -1.92. The molecule has 0 amide bonds. The summed E-state index contributed by atoms with van der Waals surface area (Å²) < 4.78 is 0. The van der Waals surface area contributed by atoms with E-state index in [0.29, 0.717) is 0 Å². The molecule has 4 rings (SSSR count). The highest BCUT2D eigenvalue weighted by Gasteiger charge is 2.13. The number of hydrogen-bond donors (Lipinski definition) is 0. The van der Waals surface area contributed by atoms with Gasteiger partial charge in [0, 0.05) is 11.1 Å². The molecule has 0 atom stereocenters. The predicted octanol–water partition coefficient (Wildman–Crippen LogP) is 5.78. The fourth-order valence-corrected chi connectivity index (χ4v) is 3.35. The summed E-state index contributed by atoms with van der Waals surface area (Å²) in [4.78, 5) is 11.6. The zero-order valence-electron chi connectivity index (χ0n) is 12.9. The van der Waals surface area contributed by atoms with Crippen LogP contribution >= 0.6 is 0 Å². The average Bonchev–Trinajstić information content (AvgIpc) is 2.62. The second-order valence-corrected chi connectivity index (χ2v) is 5.84. The minimum absolute atomic E-state index is 0.734. The van der Waals surface area contributed by atoms with E-state index < -0.39 is 0 Å². The first-order valence-electron chi connectivity index (χ1n) is 7.75. The van der Waals surface area contributed by atoms with Gasteiger partial charge in [-0.3, -0.25) is 4.79 Å². The first-order valence-corrected chi connectivity index (χ1v) is 7.75. The molecule has 0 saturated carbocycles. The summed E-state index contributed by atoms with van der Waals surface area (Å²) in [6.07, 6.45) is 0.955. The third kappa shape index (κ3) is 2.13. The van der Waals surface area contributed by atoms with E-state index in [1.54, 1.807) is 0 Å². The Morgan fingerprint density at radius 3 is 2.17 bits per heavy atom. The van der Waals surface area contributed by atoms with Crippen molar-refractivity contribution in [3.8, 4) is 11.1 Å². The minimum atomic E-state index is 0.734. The standard InChI is InChI=1S/C22H16O/c1-15-10-13-21(20-9-5-4-7-18(15)20)22-17(14-23)12-11-16-6-2-3-8-19(16)22/h2-14H,1H3. The number of aldehydes is 1. The normalized spacial score (nSPS) is 11.0. The van der Waals surface area contributed by atoms with Crippen LogP contribution in [0.25, 0.3) is 32.7 Å². The number of aryl methyl sites for hydroxylation is 1. The van der Waals surface area contributed by atoms with E-state index in [-0.39, 0.29) is 0 Å². The van der Waals surface area contributed by atoms with Crippen LogP contribution in [0.2, 0.25) is 0 Å². The van der Waals surface area contributed by atoms with Crippen molar-refractivity contribution in [2.75, 3.05) is 0 Å². The number of rotatable bonds is 2. The van der Waals surface area contributed by atoms with Crippen LogP contribution in [0.1, 0.15) is 15.9 Å². The number of carbonyl (C=O) groups is 1. The van der Waals surface area contributed by atoms with Gasteiger partial charge in [-0.1, -0.05) is 72.8 Å². The molecule has 0 spiro atoms. The van der Waals surface area contributed by atoms with Crippen molar-refractivity contribution in [1.82, 2.24) is 0 Å². The quantitative estimate of drug-likeness (QED) is 0.428. The fourth-order valence-electron chi connectivity index (χ4n) is 3.35. The molecule has 0 aliphatic heterocycles. The van der Waals surface area contributed by atoms with Crippen molar-refractivity contribution in [1.29, 1.82) is 0 Å². The molecular formula is C22H16O. The van der Waals surface area contributed by atoms with Crippen molar-refractivity contribution in [2.24, 2.45) is 0 Å². The lowest BCUT2D eigenvalue weighted by molar-refractivity contribution is 0.112. The molecule has 1 nitrogen and oxygen atoms in total. The Hall–Kier alpha value is -2.93. The highest BCUT2D eigenvalue weighted by atomic mass is 16.1. The van der Waals surface area contributed by atoms with Crippen molar-refractivity contribution in [3.05, 3.63) is 83.9 Å². The molecule has 0 aliphatic carbocycles. The zero-order chi connectivity index (χ0) is 15.8. The van der Waals surface area contributed by atoms with E-state index in [2.05, 4.69) is 55.5 Å². The maximum absolute atomic E-state index is 11.6. The summed E-state index contributed by atoms with van der Waals surface area (Å²) in [5.74, 6) is 0. The highest BCUT2D eigenvalue weighted by Crippen LogP contribution is 2.36. The molecule has 0 N–H and O–H groups in total. The molecule has 4 aromatic rings. The Bertz CT molecular complexity index is 1040. The summed E-state index contributed by atoms with van der Waals surface area (Å²) in [7, 11) is 0. The average molecular weight is 296 g/mol.